The second-order valence-corrected chi connectivity index (χ2v) is 11.2. The predicted molar refractivity (Wildman–Crippen MR) is 173 cm³/mol. The van der Waals surface area contributed by atoms with Gasteiger partial charge in [0.05, 0.1) is 6.61 Å². The molecule has 3 aromatic rings. The van der Waals surface area contributed by atoms with Crippen molar-refractivity contribution in [2.45, 2.75) is 25.9 Å². The standard InChI is InChI=1S/C34H40ClN5O4/c1-26(41)38-17-19-39(20-18-38)30-13-9-29(10-14-30)25-40(33(42)16-12-28-11-15-32(35)36-24-28)31(23-27-7-5-4-6-8-27)34(43)37(2)21-22-44-3/h4-16,24,31H,17-23,25H2,1-3H3. The Hall–Kier alpha value is -4.21. The Bertz CT molecular complexity index is 1410. The number of ether oxygens (including phenoxy) is 1. The van der Waals surface area contributed by atoms with Crippen molar-refractivity contribution in [1.29, 1.82) is 0 Å². The first-order valence-corrected chi connectivity index (χ1v) is 15.1. The van der Waals surface area contributed by atoms with E-state index in [2.05, 4.69) is 9.88 Å². The van der Waals surface area contributed by atoms with E-state index in [0.29, 0.717) is 37.8 Å². The normalized spacial score (nSPS) is 14.0. The maximum absolute atomic E-state index is 13.9. The summed E-state index contributed by atoms with van der Waals surface area (Å²) in [4.78, 5) is 51.0. The van der Waals surface area contributed by atoms with Crippen molar-refractivity contribution in [3.63, 3.8) is 0 Å². The zero-order valence-electron chi connectivity index (χ0n) is 25.6. The molecule has 0 N–H and O–H groups in total. The lowest BCUT2D eigenvalue weighted by molar-refractivity contribution is -0.143. The van der Waals surface area contributed by atoms with Crippen LogP contribution in [0.2, 0.25) is 5.15 Å². The van der Waals surface area contributed by atoms with Crippen molar-refractivity contribution in [1.82, 2.24) is 19.7 Å². The number of hydrogen-bond acceptors (Lipinski definition) is 6. The van der Waals surface area contributed by atoms with Crippen molar-refractivity contribution in [2.24, 2.45) is 0 Å². The van der Waals surface area contributed by atoms with Gasteiger partial charge in [-0.3, -0.25) is 14.4 Å². The van der Waals surface area contributed by atoms with Gasteiger partial charge in [-0.05, 0) is 41.0 Å². The average molecular weight is 618 g/mol. The van der Waals surface area contributed by atoms with Crippen LogP contribution in [0.15, 0.2) is 79.0 Å². The van der Waals surface area contributed by atoms with E-state index < -0.39 is 6.04 Å². The van der Waals surface area contributed by atoms with Gasteiger partial charge < -0.3 is 24.3 Å². The van der Waals surface area contributed by atoms with Crippen LogP contribution in [-0.2, 0) is 32.1 Å². The highest BCUT2D eigenvalue weighted by Crippen LogP contribution is 2.21. The monoisotopic (exact) mass is 617 g/mol. The second kappa shape index (κ2) is 16.0. The van der Waals surface area contributed by atoms with Gasteiger partial charge in [0.1, 0.15) is 11.2 Å². The minimum absolute atomic E-state index is 0.0959. The van der Waals surface area contributed by atoms with E-state index in [-0.39, 0.29) is 24.3 Å². The Morgan fingerprint density at radius 2 is 1.68 bits per heavy atom. The van der Waals surface area contributed by atoms with Crippen LogP contribution in [-0.4, -0.2) is 96.9 Å². The molecule has 44 heavy (non-hydrogen) atoms. The molecule has 9 nitrogen and oxygen atoms in total. The van der Waals surface area contributed by atoms with E-state index in [0.717, 1.165) is 35.5 Å². The van der Waals surface area contributed by atoms with Gasteiger partial charge in [0.15, 0.2) is 0 Å². The molecule has 1 saturated heterocycles. The molecule has 232 valence electrons. The van der Waals surface area contributed by atoms with Crippen molar-refractivity contribution in [3.8, 4) is 0 Å². The number of carbonyl (C=O) groups is 3. The molecule has 2 heterocycles. The fourth-order valence-corrected chi connectivity index (χ4v) is 5.25. The predicted octanol–water partition coefficient (Wildman–Crippen LogP) is 4.16. The zero-order valence-corrected chi connectivity index (χ0v) is 26.3. The van der Waals surface area contributed by atoms with Crippen LogP contribution < -0.4 is 4.90 Å². The highest BCUT2D eigenvalue weighted by atomic mass is 35.5. The molecule has 1 unspecified atom stereocenters. The Balaban J connectivity index is 1.62. The number of amides is 3. The van der Waals surface area contributed by atoms with Crippen molar-refractivity contribution in [3.05, 3.63) is 101 Å². The molecule has 1 aliphatic rings. The third kappa shape index (κ3) is 9.14. The first kappa shape index (κ1) is 32.7. The average Bonchev–Trinajstić information content (AvgIpc) is 3.05. The van der Waals surface area contributed by atoms with Crippen LogP contribution in [0.1, 0.15) is 23.6 Å². The third-order valence-corrected chi connectivity index (χ3v) is 7.99. The second-order valence-electron chi connectivity index (χ2n) is 10.8. The number of rotatable bonds is 12. The van der Waals surface area contributed by atoms with Gasteiger partial charge in [0, 0.05) is 84.7 Å². The number of methoxy groups -OCH3 is 1. The van der Waals surface area contributed by atoms with Crippen LogP contribution >= 0.6 is 11.6 Å². The van der Waals surface area contributed by atoms with Gasteiger partial charge in [0.25, 0.3) is 0 Å². The summed E-state index contributed by atoms with van der Waals surface area (Å²) >= 11 is 5.93. The van der Waals surface area contributed by atoms with Crippen molar-refractivity contribution >= 4 is 41.1 Å². The molecule has 10 heteroatoms. The third-order valence-electron chi connectivity index (χ3n) is 7.77. The molecule has 2 aromatic carbocycles. The molecule has 0 bridgehead atoms. The summed E-state index contributed by atoms with van der Waals surface area (Å²) < 4.78 is 5.21. The number of nitrogens with zero attached hydrogens (tertiary/aromatic N) is 5. The molecular weight excluding hydrogens is 578 g/mol. The first-order valence-electron chi connectivity index (χ1n) is 14.7. The van der Waals surface area contributed by atoms with Crippen LogP contribution in [0.25, 0.3) is 6.08 Å². The summed E-state index contributed by atoms with van der Waals surface area (Å²) in [5, 5.41) is 0.367. The van der Waals surface area contributed by atoms with Crippen LogP contribution in [0, 0.1) is 0 Å². The molecule has 0 spiro atoms. The first-order chi connectivity index (χ1) is 21.2. The van der Waals surface area contributed by atoms with Crippen LogP contribution in [0.3, 0.4) is 0 Å². The number of aromatic nitrogens is 1. The summed E-state index contributed by atoms with van der Waals surface area (Å²) in [6, 6.07) is 20.5. The molecular formula is C34H40ClN5O4. The number of anilines is 1. The molecule has 4 rings (SSSR count). The summed E-state index contributed by atoms with van der Waals surface area (Å²) in [5.74, 6) is -0.363. The highest BCUT2D eigenvalue weighted by Gasteiger charge is 2.31. The summed E-state index contributed by atoms with van der Waals surface area (Å²) in [6.45, 7) is 5.53. The molecule has 0 aliphatic carbocycles. The molecule has 0 radical (unpaired) electrons. The maximum Gasteiger partial charge on any atom is 0.247 e. The number of likely N-dealkylation sites (N-methyl/N-ethyl adjacent to an activating group) is 1. The van der Waals surface area contributed by atoms with Crippen LogP contribution in [0.4, 0.5) is 5.69 Å². The van der Waals surface area contributed by atoms with E-state index >= 15 is 0 Å². The van der Waals surface area contributed by atoms with Gasteiger partial charge in [0.2, 0.25) is 17.7 Å². The highest BCUT2D eigenvalue weighted by molar-refractivity contribution is 6.29. The van der Waals surface area contributed by atoms with Gasteiger partial charge >= 0.3 is 0 Å². The molecule has 1 fully saturated rings. The van der Waals surface area contributed by atoms with Crippen molar-refractivity contribution < 1.29 is 19.1 Å². The Labute approximate surface area is 264 Å². The Morgan fingerprint density at radius 3 is 2.30 bits per heavy atom. The zero-order chi connectivity index (χ0) is 31.5. The van der Waals surface area contributed by atoms with E-state index in [4.69, 9.17) is 16.3 Å². The summed E-state index contributed by atoms with van der Waals surface area (Å²) in [7, 11) is 3.33. The molecule has 1 aliphatic heterocycles. The van der Waals surface area contributed by atoms with Gasteiger partial charge in [-0.1, -0.05) is 60.1 Å². The number of carbonyl (C=O) groups excluding carboxylic acids is 3. The maximum atomic E-state index is 13.9. The smallest absolute Gasteiger partial charge is 0.247 e. The van der Waals surface area contributed by atoms with E-state index in [1.165, 1.54) is 6.08 Å². The van der Waals surface area contributed by atoms with E-state index in [9.17, 15) is 14.4 Å². The molecule has 1 aromatic heterocycles. The molecule has 0 saturated carbocycles. The van der Waals surface area contributed by atoms with Gasteiger partial charge in [-0.2, -0.15) is 0 Å². The Kier molecular flexibility index (Phi) is 11.9. The van der Waals surface area contributed by atoms with Gasteiger partial charge in [-0.15, -0.1) is 0 Å². The molecule has 3 amide bonds. The van der Waals surface area contributed by atoms with Crippen LogP contribution in [0.5, 0.6) is 0 Å². The largest absolute Gasteiger partial charge is 0.383 e. The lowest BCUT2D eigenvalue weighted by atomic mass is 10.0. The van der Waals surface area contributed by atoms with E-state index in [1.807, 2.05) is 59.5 Å². The summed E-state index contributed by atoms with van der Waals surface area (Å²) in [5.41, 5.74) is 3.63. The quantitative estimate of drug-likeness (QED) is 0.224. The SMILES string of the molecule is COCCN(C)C(=O)C(Cc1ccccc1)N(Cc1ccc(N2CCN(C(C)=O)CC2)cc1)C(=O)C=Cc1ccc(Cl)nc1. The minimum atomic E-state index is -0.751. The van der Waals surface area contributed by atoms with E-state index in [1.54, 1.807) is 55.3 Å². The lowest BCUT2D eigenvalue weighted by Gasteiger charge is -2.36. The number of hydrogen-bond donors (Lipinski definition) is 0. The fraction of sp³-hybridized carbons (Fsp3) is 0.353. The molecule has 1 atom stereocenters. The number of pyridine rings is 1. The minimum Gasteiger partial charge on any atom is -0.383 e. The number of halogens is 1. The number of piperazine rings is 1. The fourth-order valence-electron chi connectivity index (χ4n) is 5.14. The Morgan fingerprint density at radius 1 is 0.977 bits per heavy atom. The lowest BCUT2D eigenvalue weighted by Crippen LogP contribution is -2.51. The number of benzene rings is 2. The summed E-state index contributed by atoms with van der Waals surface area (Å²) in [6.07, 6.45) is 5.11. The topological polar surface area (TPSA) is 86.3 Å². The van der Waals surface area contributed by atoms with Crippen molar-refractivity contribution in [2.75, 3.05) is 58.4 Å². The van der Waals surface area contributed by atoms with Gasteiger partial charge in [-0.25, -0.2) is 4.98 Å².